The lowest BCUT2D eigenvalue weighted by molar-refractivity contribution is -0.153. The molecule has 0 N–H and O–H groups in total. The first-order valence-corrected chi connectivity index (χ1v) is 6.11. The summed E-state index contributed by atoms with van der Waals surface area (Å²) in [6.45, 7) is 2.62. The van der Waals surface area contributed by atoms with Gasteiger partial charge in [0.15, 0.2) is 0 Å². The first kappa shape index (κ1) is 13.0. The summed E-state index contributed by atoms with van der Waals surface area (Å²) in [5.74, 6) is -0.226. The number of carbonyl (C=O) groups is 1. The van der Waals surface area contributed by atoms with E-state index >= 15 is 0 Å². The Balaban J connectivity index is 1.91. The molecule has 1 saturated heterocycles. The van der Waals surface area contributed by atoms with Crippen LogP contribution in [0.1, 0.15) is 5.69 Å². The Kier molecular flexibility index (Phi) is 4.66. The molecule has 0 spiro atoms. The van der Waals surface area contributed by atoms with Gasteiger partial charge in [0.1, 0.15) is 6.04 Å². The Labute approximate surface area is 107 Å². The zero-order valence-corrected chi connectivity index (χ0v) is 10.5. The summed E-state index contributed by atoms with van der Waals surface area (Å²) in [5, 5.41) is 0. The van der Waals surface area contributed by atoms with Crippen molar-refractivity contribution in [2.24, 2.45) is 0 Å². The minimum absolute atomic E-state index is 0.226. The van der Waals surface area contributed by atoms with E-state index in [-0.39, 0.29) is 12.0 Å². The summed E-state index contributed by atoms with van der Waals surface area (Å²) >= 11 is 0. The fraction of sp³-hybridized carbons (Fsp3) is 0.538. The van der Waals surface area contributed by atoms with Gasteiger partial charge in [-0.1, -0.05) is 6.07 Å². The van der Waals surface area contributed by atoms with Crippen LogP contribution in [0.4, 0.5) is 0 Å². The van der Waals surface area contributed by atoms with Gasteiger partial charge in [0.05, 0.1) is 20.3 Å². The molecule has 5 nitrogen and oxygen atoms in total. The predicted molar refractivity (Wildman–Crippen MR) is 66.1 cm³/mol. The molecule has 2 heterocycles. The van der Waals surface area contributed by atoms with Gasteiger partial charge in [0.25, 0.3) is 0 Å². The minimum Gasteiger partial charge on any atom is -0.468 e. The average molecular weight is 250 g/mol. The molecule has 1 aliphatic heterocycles. The molecule has 0 radical (unpaired) electrons. The van der Waals surface area contributed by atoms with Crippen LogP contribution in [0.15, 0.2) is 24.4 Å². The van der Waals surface area contributed by atoms with Gasteiger partial charge in [-0.25, -0.2) is 0 Å². The van der Waals surface area contributed by atoms with E-state index in [9.17, 15) is 4.79 Å². The number of ether oxygens (including phenoxy) is 2. The van der Waals surface area contributed by atoms with Crippen molar-refractivity contribution in [2.75, 3.05) is 33.4 Å². The first-order valence-electron chi connectivity index (χ1n) is 6.11. The van der Waals surface area contributed by atoms with Crippen LogP contribution in [-0.4, -0.2) is 55.3 Å². The van der Waals surface area contributed by atoms with Crippen LogP contribution in [0.3, 0.4) is 0 Å². The normalized spacial score (nSPS) is 20.6. The highest BCUT2D eigenvalue weighted by atomic mass is 16.5. The van der Waals surface area contributed by atoms with Crippen LogP contribution < -0.4 is 0 Å². The highest BCUT2D eigenvalue weighted by Crippen LogP contribution is 2.09. The Morgan fingerprint density at radius 2 is 2.50 bits per heavy atom. The second kappa shape index (κ2) is 6.47. The summed E-state index contributed by atoms with van der Waals surface area (Å²) < 4.78 is 10.1. The highest BCUT2D eigenvalue weighted by molar-refractivity contribution is 5.75. The van der Waals surface area contributed by atoms with Gasteiger partial charge in [-0.15, -0.1) is 0 Å². The Morgan fingerprint density at radius 1 is 1.61 bits per heavy atom. The number of methoxy groups -OCH3 is 1. The van der Waals surface area contributed by atoms with Crippen LogP contribution in [0.5, 0.6) is 0 Å². The lowest BCUT2D eigenvalue weighted by Crippen LogP contribution is -2.51. The third-order valence-corrected chi connectivity index (χ3v) is 3.09. The van der Waals surface area contributed by atoms with Crippen molar-refractivity contribution in [3.63, 3.8) is 0 Å². The summed E-state index contributed by atoms with van der Waals surface area (Å²) in [7, 11) is 1.41. The van der Waals surface area contributed by atoms with Gasteiger partial charge in [-0.2, -0.15) is 0 Å². The van der Waals surface area contributed by atoms with E-state index in [1.54, 1.807) is 6.20 Å². The van der Waals surface area contributed by atoms with Gasteiger partial charge >= 0.3 is 5.97 Å². The standard InChI is InChI=1S/C13H18N2O3/c1-17-13(16)12-10-18-9-8-15(12)7-5-11-4-2-3-6-14-11/h2-4,6,12H,5,7-10H2,1H3. The van der Waals surface area contributed by atoms with E-state index in [2.05, 4.69) is 9.88 Å². The zero-order chi connectivity index (χ0) is 12.8. The van der Waals surface area contributed by atoms with E-state index in [0.717, 1.165) is 25.2 Å². The molecular weight excluding hydrogens is 232 g/mol. The smallest absolute Gasteiger partial charge is 0.325 e. The molecule has 1 aromatic rings. The quantitative estimate of drug-likeness (QED) is 0.728. The van der Waals surface area contributed by atoms with Gasteiger partial charge in [0, 0.05) is 31.4 Å². The van der Waals surface area contributed by atoms with E-state index in [0.29, 0.717) is 13.2 Å². The molecule has 18 heavy (non-hydrogen) atoms. The number of hydrogen-bond acceptors (Lipinski definition) is 5. The summed E-state index contributed by atoms with van der Waals surface area (Å²) in [4.78, 5) is 18.0. The Hall–Kier alpha value is -1.46. The molecule has 1 aromatic heterocycles. The van der Waals surface area contributed by atoms with Crippen molar-refractivity contribution in [2.45, 2.75) is 12.5 Å². The third-order valence-electron chi connectivity index (χ3n) is 3.09. The van der Waals surface area contributed by atoms with E-state index in [1.165, 1.54) is 7.11 Å². The van der Waals surface area contributed by atoms with Crippen molar-refractivity contribution in [3.8, 4) is 0 Å². The van der Waals surface area contributed by atoms with Crippen molar-refractivity contribution < 1.29 is 14.3 Å². The van der Waals surface area contributed by atoms with Crippen LogP contribution >= 0.6 is 0 Å². The van der Waals surface area contributed by atoms with Crippen LogP contribution in [0.25, 0.3) is 0 Å². The lowest BCUT2D eigenvalue weighted by Gasteiger charge is -2.33. The van der Waals surface area contributed by atoms with Crippen LogP contribution in [0.2, 0.25) is 0 Å². The molecule has 0 aromatic carbocycles. The molecule has 1 atom stereocenters. The lowest BCUT2D eigenvalue weighted by atomic mass is 10.2. The minimum atomic E-state index is -0.285. The maximum Gasteiger partial charge on any atom is 0.325 e. The summed E-state index contributed by atoms with van der Waals surface area (Å²) in [5.41, 5.74) is 1.03. The number of aromatic nitrogens is 1. The molecule has 0 aliphatic carbocycles. The maximum absolute atomic E-state index is 11.6. The van der Waals surface area contributed by atoms with E-state index in [1.807, 2.05) is 18.2 Å². The van der Waals surface area contributed by atoms with Crippen molar-refractivity contribution in [3.05, 3.63) is 30.1 Å². The molecule has 98 valence electrons. The fourth-order valence-corrected chi connectivity index (χ4v) is 2.06. The van der Waals surface area contributed by atoms with Gasteiger partial charge < -0.3 is 9.47 Å². The molecule has 0 amide bonds. The highest BCUT2D eigenvalue weighted by Gasteiger charge is 2.29. The SMILES string of the molecule is COC(=O)C1COCCN1CCc1ccccn1. The second-order valence-corrected chi connectivity index (χ2v) is 4.22. The van der Waals surface area contributed by atoms with Crippen molar-refractivity contribution in [1.82, 2.24) is 9.88 Å². The van der Waals surface area contributed by atoms with Crippen LogP contribution in [0, 0.1) is 0 Å². The topological polar surface area (TPSA) is 51.7 Å². The monoisotopic (exact) mass is 250 g/mol. The number of carbonyl (C=O) groups excluding carboxylic acids is 1. The Bertz CT molecular complexity index is 383. The predicted octanol–water partition coefficient (Wildman–Crippen LogP) is 0.498. The molecule has 2 rings (SSSR count). The zero-order valence-electron chi connectivity index (χ0n) is 10.5. The largest absolute Gasteiger partial charge is 0.468 e. The number of esters is 1. The van der Waals surface area contributed by atoms with Crippen LogP contribution in [-0.2, 0) is 20.7 Å². The molecule has 0 bridgehead atoms. The number of hydrogen-bond donors (Lipinski definition) is 0. The van der Waals surface area contributed by atoms with Gasteiger partial charge in [-0.3, -0.25) is 14.7 Å². The summed E-state index contributed by atoms with van der Waals surface area (Å²) in [6, 6.07) is 5.58. The van der Waals surface area contributed by atoms with E-state index in [4.69, 9.17) is 9.47 Å². The number of pyridine rings is 1. The van der Waals surface area contributed by atoms with Crippen molar-refractivity contribution in [1.29, 1.82) is 0 Å². The van der Waals surface area contributed by atoms with Gasteiger partial charge in [0.2, 0.25) is 0 Å². The van der Waals surface area contributed by atoms with E-state index < -0.39 is 0 Å². The maximum atomic E-state index is 11.6. The molecule has 1 fully saturated rings. The molecule has 5 heteroatoms. The third kappa shape index (κ3) is 3.27. The molecular formula is C13H18N2O3. The number of morpholine rings is 1. The Morgan fingerprint density at radius 3 is 3.22 bits per heavy atom. The number of rotatable bonds is 4. The summed E-state index contributed by atoms with van der Waals surface area (Å²) in [6.07, 6.45) is 2.61. The fourth-order valence-electron chi connectivity index (χ4n) is 2.06. The second-order valence-electron chi connectivity index (χ2n) is 4.22. The first-order chi connectivity index (χ1) is 8.81. The van der Waals surface area contributed by atoms with Gasteiger partial charge in [-0.05, 0) is 12.1 Å². The average Bonchev–Trinajstić information content (AvgIpc) is 2.45. The molecule has 0 saturated carbocycles. The molecule has 1 unspecified atom stereocenters. The van der Waals surface area contributed by atoms with Crippen molar-refractivity contribution >= 4 is 5.97 Å². The number of nitrogens with zero attached hydrogens (tertiary/aromatic N) is 2. The molecule has 1 aliphatic rings.